The van der Waals surface area contributed by atoms with Crippen LogP contribution in [0.5, 0.6) is 5.75 Å². The second-order valence-electron chi connectivity index (χ2n) is 6.54. The zero-order valence-corrected chi connectivity index (χ0v) is 12.2. The Morgan fingerprint density at radius 1 is 1.11 bits per heavy atom. The standard InChI is InChI=1S/C17H25NO/c1-18-13-16-6-9-17(10-7-16,11-8-16)14-4-3-5-15(12-14)19-2/h3-5,12,18H,6-11,13H2,1-2H3. The van der Waals surface area contributed by atoms with Gasteiger partial charge in [0.25, 0.3) is 0 Å². The van der Waals surface area contributed by atoms with E-state index in [0.29, 0.717) is 10.8 Å². The summed E-state index contributed by atoms with van der Waals surface area (Å²) in [6.45, 7) is 1.20. The van der Waals surface area contributed by atoms with E-state index in [2.05, 4.69) is 36.6 Å². The first-order valence-corrected chi connectivity index (χ1v) is 7.51. The minimum Gasteiger partial charge on any atom is -0.497 e. The van der Waals surface area contributed by atoms with Gasteiger partial charge in [-0.2, -0.15) is 0 Å². The Hall–Kier alpha value is -1.02. The lowest BCUT2D eigenvalue weighted by Crippen LogP contribution is -2.47. The van der Waals surface area contributed by atoms with Crippen LogP contribution in [0, 0.1) is 5.41 Å². The van der Waals surface area contributed by atoms with Crippen molar-refractivity contribution in [2.24, 2.45) is 5.41 Å². The van der Waals surface area contributed by atoms with E-state index in [4.69, 9.17) is 4.74 Å². The number of nitrogens with one attached hydrogen (secondary N) is 1. The van der Waals surface area contributed by atoms with Gasteiger partial charge in [0.05, 0.1) is 7.11 Å². The Kier molecular flexibility index (Phi) is 3.30. The second kappa shape index (κ2) is 4.82. The molecule has 0 saturated heterocycles. The smallest absolute Gasteiger partial charge is 0.119 e. The first kappa shape index (κ1) is 13.0. The maximum atomic E-state index is 5.40. The molecule has 2 nitrogen and oxygen atoms in total. The minimum atomic E-state index is 0.435. The van der Waals surface area contributed by atoms with Crippen LogP contribution in [0.15, 0.2) is 24.3 Å². The highest BCUT2D eigenvalue weighted by Crippen LogP contribution is 2.57. The van der Waals surface area contributed by atoms with E-state index in [-0.39, 0.29) is 0 Å². The van der Waals surface area contributed by atoms with Gasteiger partial charge in [0.1, 0.15) is 5.75 Å². The van der Waals surface area contributed by atoms with Gasteiger partial charge >= 0.3 is 0 Å². The zero-order valence-electron chi connectivity index (χ0n) is 12.2. The van der Waals surface area contributed by atoms with E-state index in [1.165, 1.54) is 50.6 Å². The third kappa shape index (κ3) is 2.16. The summed E-state index contributed by atoms with van der Waals surface area (Å²) in [6, 6.07) is 8.76. The molecule has 1 aromatic rings. The van der Waals surface area contributed by atoms with Crippen LogP contribution in [0.1, 0.15) is 44.1 Å². The largest absolute Gasteiger partial charge is 0.497 e. The number of hydrogen-bond donors (Lipinski definition) is 1. The Balaban J connectivity index is 1.83. The molecule has 2 bridgehead atoms. The third-order valence-electron chi connectivity index (χ3n) is 5.64. The van der Waals surface area contributed by atoms with Crippen molar-refractivity contribution >= 4 is 0 Å². The number of fused-ring (bicyclic) bond motifs is 3. The van der Waals surface area contributed by atoms with Crippen LogP contribution in [0.2, 0.25) is 0 Å². The number of ether oxygens (including phenoxy) is 1. The lowest BCUT2D eigenvalue weighted by molar-refractivity contribution is 0.0414. The van der Waals surface area contributed by atoms with Gasteiger partial charge in [0.2, 0.25) is 0 Å². The molecule has 4 rings (SSSR count). The van der Waals surface area contributed by atoms with Gasteiger partial charge in [-0.3, -0.25) is 0 Å². The van der Waals surface area contributed by atoms with Crippen LogP contribution in [0.3, 0.4) is 0 Å². The predicted octanol–water partition coefficient (Wildman–Crippen LogP) is 3.51. The highest BCUT2D eigenvalue weighted by Gasteiger charge is 2.48. The first-order chi connectivity index (χ1) is 9.22. The highest BCUT2D eigenvalue weighted by atomic mass is 16.5. The van der Waals surface area contributed by atoms with Crippen LogP contribution in [-0.4, -0.2) is 20.7 Å². The normalized spacial score (nSPS) is 33.4. The molecule has 0 spiro atoms. The molecule has 1 aromatic carbocycles. The van der Waals surface area contributed by atoms with Crippen molar-refractivity contribution in [2.45, 2.75) is 43.9 Å². The first-order valence-electron chi connectivity index (χ1n) is 7.51. The molecular weight excluding hydrogens is 234 g/mol. The molecule has 3 aliphatic rings. The van der Waals surface area contributed by atoms with E-state index < -0.39 is 0 Å². The Morgan fingerprint density at radius 2 is 1.79 bits per heavy atom. The molecule has 19 heavy (non-hydrogen) atoms. The van der Waals surface area contributed by atoms with Crippen LogP contribution in [-0.2, 0) is 5.41 Å². The molecule has 0 unspecified atom stereocenters. The zero-order chi connectivity index (χ0) is 13.3. The molecule has 3 aliphatic carbocycles. The van der Waals surface area contributed by atoms with Crippen molar-refractivity contribution < 1.29 is 4.74 Å². The van der Waals surface area contributed by atoms with Crippen molar-refractivity contribution in [3.63, 3.8) is 0 Å². The van der Waals surface area contributed by atoms with Crippen LogP contribution in [0.4, 0.5) is 0 Å². The van der Waals surface area contributed by atoms with Crippen LogP contribution in [0.25, 0.3) is 0 Å². The fraction of sp³-hybridized carbons (Fsp3) is 0.647. The molecule has 1 N–H and O–H groups in total. The molecule has 0 aliphatic heterocycles. The summed E-state index contributed by atoms with van der Waals surface area (Å²) in [4.78, 5) is 0. The molecule has 3 fully saturated rings. The topological polar surface area (TPSA) is 21.3 Å². The van der Waals surface area contributed by atoms with Gasteiger partial charge in [-0.25, -0.2) is 0 Å². The molecule has 2 heteroatoms. The summed E-state index contributed by atoms with van der Waals surface area (Å²) < 4.78 is 5.40. The summed E-state index contributed by atoms with van der Waals surface area (Å²) >= 11 is 0. The minimum absolute atomic E-state index is 0.435. The molecule has 104 valence electrons. The van der Waals surface area contributed by atoms with Gasteiger partial charge in [0.15, 0.2) is 0 Å². The molecule has 0 radical (unpaired) electrons. The summed E-state index contributed by atoms with van der Waals surface area (Å²) in [5, 5.41) is 3.40. The third-order valence-corrected chi connectivity index (χ3v) is 5.64. The lowest BCUT2D eigenvalue weighted by atomic mass is 9.52. The average Bonchev–Trinajstić information content (AvgIpc) is 2.49. The summed E-state index contributed by atoms with van der Waals surface area (Å²) in [7, 11) is 3.85. The molecule has 0 atom stereocenters. The van der Waals surface area contributed by atoms with Crippen LogP contribution < -0.4 is 10.1 Å². The second-order valence-corrected chi connectivity index (χ2v) is 6.54. The van der Waals surface area contributed by atoms with Gasteiger partial charge in [-0.15, -0.1) is 0 Å². The van der Waals surface area contributed by atoms with Gasteiger partial charge < -0.3 is 10.1 Å². The van der Waals surface area contributed by atoms with E-state index in [1.54, 1.807) is 7.11 Å². The summed E-state index contributed by atoms with van der Waals surface area (Å²) in [6.07, 6.45) is 8.19. The fourth-order valence-corrected chi connectivity index (χ4v) is 4.29. The molecule has 0 heterocycles. The molecule has 3 saturated carbocycles. The van der Waals surface area contributed by atoms with Crippen molar-refractivity contribution in [3.8, 4) is 5.75 Å². The lowest BCUT2D eigenvalue weighted by Gasteiger charge is -2.54. The van der Waals surface area contributed by atoms with E-state index >= 15 is 0 Å². The molecule has 0 amide bonds. The number of methoxy groups -OCH3 is 1. The Bertz CT molecular complexity index is 430. The van der Waals surface area contributed by atoms with E-state index in [9.17, 15) is 0 Å². The molecule has 0 aromatic heterocycles. The Labute approximate surface area is 116 Å². The Morgan fingerprint density at radius 3 is 2.37 bits per heavy atom. The van der Waals surface area contributed by atoms with Crippen molar-refractivity contribution in [1.82, 2.24) is 5.32 Å². The van der Waals surface area contributed by atoms with Gasteiger partial charge in [-0.1, -0.05) is 12.1 Å². The summed E-state index contributed by atoms with van der Waals surface area (Å²) in [5.41, 5.74) is 2.53. The van der Waals surface area contributed by atoms with Crippen LogP contribution >= 0.6 is 0 Å². The van der Waals surface area contributed by atoms with E-state index in [0.717, 1.165) is 5.75 Å². The maximum absolute atomic E-state index is 5.40. The number of rotatable bonds is 4. The van der Waals surface area contributed by atoms with Crippen molar-refractivity contribution in [2.75, 3.05) is 20.7 Å². The van der Waals surface area contributed by atoms with E-state index in [1.807, 2.05) is 0 Å². The number of benzene rings is 1. The number of hydrogen-bond acceptors (Lipinski definition) is 2. The maximum Gasteiger partial charge on any atom is 0.119 e. The predicted molar refractivity (Wildman–Crippen MR) is 78.7 cm³/mol. The quantitative estimate of drug-likeness (QED) is 0.893. The summed E-state index contributed by atoms with van der Waals surface area (Å²) in [5.74, 6) is 1.00. The van der Waals surface area contributed by atoms with Crippen molar-refractivity contribution in [3.05, 3.63) is 29.8 Å². The molecular formula is C17H25NO. The van der Waals surface area contributed by atoms with Gasteiger partial charge in [-0.05, 0) is 74.1 Å². The average molecular weight is 259 g/mol. The fourth-order valence-electron chi connectivity index (χ4n) is 4.29. The van der Waals surface area contributed by atoms with Gasteiger partial charge in [0, 0.05) is 6.54 Å². The highest BCUT2D eigenvalue weighted by molar-refractivity contribution is 5.35. The SMILES string of the molecule is CNCC12CCC(c3cccc(OC)c3)(CC1)CC2. The monoisotopic (exact) mass is 259 g/mol. The van der Waals surface area contributed by atoms with Crippen molar-refractivity contribution in [1.29, 1.82) is 0 Å².